The van der Waals surface area contributed by atoms with Crippen molar-refractivity contribution in [2.45, 2.75) is 25.3 Å². The summed E-state index contributed by atoms with van der Waals surface area (Å²) in [7, 11) is -0.0684. The third kappa shape index (κ3) is 4.30. The molecule has 1 aromatic rings. The number of hydrogen-bond donors (Lipinski definition) is 0. The van der Waals surface area contributed by atoms with Crippen molar-refractivity contribution in [1.29, 1.82) is 0 Å². The van der Waals surface area contributed by atoms with E-state index in [2.05, 4.69) is 0 Å². The highest BCUT2D eigenvalue weighted by Gasteiger charge is 2.38. The lowest BCUT2D eigenvalue weighted by atomic mass is 10.0. The van der Waals surface area contributed by atoms with Crippen molar-refractivity contribution < 1.29 is 22.7 Å². The summed E-state index contributed by atoms with van der Waals surface area (Å²) < 4.78 is 29.9. The second kappa shape index (κ2) is 8.08. The molecule has 0 bridgehead atoms. The van der Waals surface area contributed by atoms with Gasteiger partial charge in [-0.3, -0.25) is 9.59 Å². The molecule has 28 heavy (non-hydrogen) atoms. The van der Waals surface area contributed by atoms with Gasteiger partial charge in [0, 0.05) is 44.8 Å². The summed E-state index contributed by atoms with van der Waals surface area (Å²) in [5, 5.41) is 0. The summed E-state index contributed by atoms with van der Waals surface area (Å²) in [6, 6.07) is 7.13. The fourth-order valence-electron chi connectivity index (χ4n) is 3.86. The molecule has 2 aliphatic rings. The predicted molar refractivity (Wildman–Crippen MR) is 106 cm³/mol. The van der Waals surface area contributed by atoms with Crippen molar-refractivity contribution in [3.05, 3.63) is 24.3 Å². The monoisotopic (exact) mass is 409 g/mol. The Morgan fingerprint density at radius 2 is 1.79 bits per heavy atom. The van der Waals surface area contributed by atoms with Crippen molar-refractivity contribution in [3.8, 4) is 5.75 Å². The van der Waals surface area contributed by atoms with E-state index in [0.29, 0.717) is 38.2 Å². The first kappa shape index (κ1) is 20.6. The molecule has 1 unspecified atom stereocenters. The maximum atomic E-state index is 12.9. The number of sulfonamides is 1. The minimum absolute atomic E-state index is 0.0233. The van der Waals surface area contributed by atoms with E-state index in [1.807, 2.05) is 12.1 Å². The highest BCUT2D eigenvalue weighted by atomic mass is 32.2. The molecule has 2 amide bonds. The number of likely N-dealkylation sites (tertiary alicyclic amines) is 1. The van der Waals surface area contributed by atoms with Gasteiger partial charge >= 0.3 is 0 Å². The number of ether oxygens (including phenoxy) is 1. The van der Waals surface area contributed by atoms with Crippen LogP contribution in [-0.2, 0) is 19.6 Å². The van der Waals surface area contributed by atoms with Crippen LogP contribution in [0.25, 0.3) is 0 Å². The SMILES string of the molecule is COc1ccc(N2CC(C(=O)N3CCC(N(C)S(C)(=O)=O)CC3)CC2=O)cc1. The van der Waals surface area contributed by atoms with Gasteiger partial charge in [-0.1, -0.05) is 0 Å². The van der Waals surface area contributed by atoms with E-state index < -0.39 is 10.0 Å². The normalized spacial score (nSPS) is 21.4. The molecule has 1 atom stereocenters. The molecular weight excluding hydrogens is 382 g/mol. The molecule has 154 valence electrons. The van der Waals surface area contributed by atoms with E-state index in [1.165, 1.54) is 10.6 Å². The zero-order valence-corrected chi connectivity index (χ0v) is 17.3. The number of benzene rings is 1. The zero-order valence-electron chi connectivity index (χ0n) is 16.5. The van der Waals surface area contributed by atoms with E-state index in [1.54, 1.807) is 36.1 Å². The molecule has 9 heteroatoms. The van der Waals surface area contributed by atoms with E-state index >= 15 is 0 Å². The van der Waals surface area contributed by atoms with Gasteiger partial charge in [-0.2, -0.15) is 0 Å². The molecule has 8 nitrogen and oxygen atoms in total. The molecule has 0 saturated carbocycles. The van der Waals surface area contributed by atoms with Crippen molar-refractivity contribution in [1.82, 2.24) is 9.21 Å². The van der Waals surface area contributed by atoms with Crippen molar-refractivity contribution in [2.24, 2.45) is 5.92 Å². The zero-order chi connectivity index (χ0) is 20.5. The molecule has 2 fully saturated rings. The molecule has 0 N–H and O–H groups in total. The number of rotatable bonds is 5. The van der Waals surface area contributed by atoms with Gasteiger partial charge in [-0.15, -0.1) is 0 Å². The van der Waals surface area contributed by atoms with Crippen LogP contribution in [-0.4, -0.2) is 75.5 Å². The van der Waals surface area contributed by atoms with E-state index in [4.69, 9.17) is 4.74 Å². The Bertz CT molecular complexity index is 832. The minimum Gasteiger partial charge on any atom is -0.497 e. The molecule has 1 aromatic carbocycles. The van der Waals surface area contributed by atoms with Crippen LogP contribution < -0.4 is 9.64 Å². The van der Waals surface area contributed by atoms with Crippen LogP contribution in [0.1, 0.15) is 19.3 Å². The molecule has 0 radical (unpaired) electrons. The lowest BCUT2D eigenvalue weighted by Crippen LogP contribution is -2.48. The number of methoxy groups -OCH3 is 1. The second-order valence-corrected chi connectivity index (χ2v) is 9.48. The number of hydrogen-bond acceptors (Lipinski definition) is 5. The maximum absolute atomic E-state index is 12.9. The molecule has 2 aliphatic heterocycles. The second-order valence-electron chi connectivity index (χ2n) is 7.44. The van der Waals surface area contributed by atoms with Gasteiger partial charge in [0.25, 0.3) is 0 Å². The lowest BCUT2D eigenvalue weighted by molar-refractivity contribution is -0.137. The summed E-state index contributed by atoms with van der Waals surface area (Å²) in [4.78, 5) is 28.7. The Kier molecular flexibility index (Phi) is 5.95. The van der Waals surface area contributed by atoms with Crippen LogP contribution in [0.2, 0.25) is 0 Å². The van der Waals surface area contributed by atoms with Gasteiger partial charge in [0.2, 0.25) is 21.8 Å². The van der Waals surface area contributed by atoms with Crippen LogP contribution in [0.3, 0.4) is 0 Å². The fourth-order valence-corrected chi connectivity index (χ4v) is 4.62. The first-order valence-electron chi connectivity index (χ1n) is 9.37. The topological polar surface area (TPSA) is 87.2 Å². The van der Waals surface area contributed by atoms with Crippen molar-refractivity contribution >= 4 is 27.5 Å². The number of carbonyl (C=O) groups is 2. The van der Waals surface area contributed by atoms with Gasteiger partial charge in [0.15, 0.2) is 0 Å². The van der Waals surface area contributed by atoms with Gasteiger partial charge in [0.05, 0.1) is 19.3 Å². The lowest BCUT2D eigenvalue weighted by Gasteiger charge is -2.36. The molecule has 0 aliphatic carbocycles. The summed E-state index contributed by atoms with van der Waals surface area (Å²) in [5.41, 5.74) is 0.759. The predicted octanol–water partition coefficient (Wildman–Crippen LogP) is 0.931. The average Bonchev–Trinajstić information content (AvgIpc) is 3.08. The van der Waals surface area contributed by atoms with Crippen LogP contribution in [0.5, 0.6) is 5.75 Å². The summed E-state index contributed by atoms with van der Waals surface area (Å²) in [5.74, 6) is 0.267. The minimum atomic E-state index is -3.24. The van der Waals surface area contributed by atoms with Gasteiger partial charge < -0.3 is 14.5 Å². The quantitative estimate of drug-likeness (QED) is 0.722. The first-order valence-corrected chi connectivity index (χ1v) is 11.2. The Balaban J connectivity index is 1.59. The maximum Gasteiger partial charge on any atom is 0.228 e. The van der Waals surface area contributed by atoms with Crippen LogP contribution in [0, 0.1) is 5.92 Å². The van der Waals surface area contributed by atoms with E-state index in [-0.39, 0.29) is 30.2 Å². The number of piperidine rings is 1. The fraction of sp³-hybridized carbons (Fsp3) is 0.579. The van der Waals surface area contributed by atoms with Crippen molar-refractivity contribution in [3.63, 3.8) is 0 Å². The highest BCUT2D eigenvalue weighted by Crippen LogP contribution is 2.29. The van der Waals surface area contributed by atoms with Crippen molar-refractivity contribution in [2.75, 3.05) is 44.9 Å². The third-order valence-electron chi connectivity index (χ3n) is 5.67. The van der Waals surface area contributed by atoms with Gasteiger partial charge in [-0.25, -0.2) is 12.7 Å². The standard InChI is InChI=1S/C19H27N3O5S/c1-20(28(3,25)26)15-8-10-21(11-9-15)19(24)14-12-18(23)22(13-14)16-4-6-17(27-2)7-5-16/h4-7,14-15H,8-13H2,1-3H3. The molecule has 3 rings (SSSR count). The van der Waals surface area contributed by atoms with Crippen LogP contribution >= 0.6 is 0 Å². The Morgan fingerprint density at radius 1 is 1.18 bits per heavy atom. The molecule has 2 saturated heterocycles. The molecule has 0 aromatic heterocycles. The number of anilines is 1. The van der Waals surface area contributed by atoms with E-state index in [9.17, 15) is 18.0 Å². The first-order chi connectivity index (χ1) is 13.2. The van der Waals surface area contributed by atoms with Gasteiger partial charge in [-0.05, 0) is 37.1 Å². The third-order valence-corrected chi connectivity index (χ3v) is 7.02. The summed E-state index contributed by atoms with van der Waals surface area (Å²) in [6.07, 6.45) is 2.62. The number of carbonyl (C=O) groups excluding carboxylic acids is 2. The van der Waals surface area contributed by atoms with Crippen LogP contribution in [0.15, 0.2) is 24.3 Å². The summed E-state index contributed by atoms with van der Waals surface area (Å²) >= 11 is 0. The average molecular weight is 410 g/mol. The molecular formula is C19H27N3O5S. The Labute approximate surface area is 166 Å². The smallest absolute Gasteiger partial charge is 0.228 e. The van der Waals surface area contributed by atoms with Gasteiger partial charge in [0.1, 0.15) is 5.75 Å². The summed E-state index contributed by atoms with van der Waals surface area (Å²) in [6.45, 7) is 1.39. The Hall–Kier alpha value is -2.13. The molecule has 2 heterocycles. The Morgan fingerprint density at radius 3 is 2.32 bits per heavy atom. The highest BCUT2D eigenvalue weighted by molar-refractivity contribution is 7.88. The molecule has 0 spiro atoms. The van der Waals surface area contributed by atoms with Crippen LogP contribution in [0.4, 0.5) is 5.69 Å². The number of nitrogens with zero attached hydrogens (tertiary/aromatic N) is 3. The largest absolute Gasteiger partial charge is 0.497 e. The number of amides is 2. The van der Waals surface area contributed by atoms with E-state index in [0.717, 1.165) is 5.69 Å².